The van der Waals surface area contributed by atoms with Crippen molar-refractivity contribution in [3.05, 3.63) is 34.9 Å². The summed E-state index contributed by atoms with van der Waals surface area (Å²) in [6.45, 7) is 2.33. The largest absolute Gasteiger partial charge is 0.416 e. The molecule has 2 nitrogen and oxygen atoms in total. The first-order valence-electron chi connectivity index (χ1n) is 8.41. The van der Waals surface area contributed by atoms with E-state index in [4.69, 9.17) is 0 Å². The van der Waals surface area contributed by atoms with Crippen molar-refractivity contribution in [2.45, 2.75) is 37.7 Å². The molecule has 25 heavy (non-hydrogen) atoms. The van der Waals surface area contributed by atoms with E-state index in [0.29, 0.717) is 44.4 Å². The Balaban J connectivity index is 2.08. The first kappa shape index (κ1) is 18.5. The Morgan fingerprint density at radius 1 is 0.960 bits per heavy atom. The van der Waals surface area contributed by atoms with Crippen molar-refractivity contribution >= 4 is 0 Å². The predicted octanol–water partition coefficient (Wildman–Crippen LogP) is 4.47. The molecule has 0 unspecified atom stereocenters. The van der Waals surface area contributed by atoms with Crippen LogP contribution in [0.2, 0.25) is 0 Å². The zero-order valence-corrected chi connectivity index (χ0v) is 13.6. The van der Waals surface area contributed by atoms with Gasteiger partial charge in [-0.2, -0.15) is 26.3 Å². The van der Waals surface area contributed by atoms with E-state index < -0.39 is 29.5 Å². The molecule has 1 N–H and O–H groups in total. The predicted molar refractivity (Wildman–Crippen MR) is 81.0 cm³/mol. The van der Waals surface area contributed by atoms with Gasteiger partial charge in [-0.3, -0.25) is 4.90 Å². The van der Waals surface area contributed by atoms with Crippen LogP contribution in [0.4, 0.5) is 26.3 Å². The van der Waals surface area contributed by atoms with Gasteiger partial charge in [-0.25, -0.2) is 0 Å². The van der Waals surface area contributed by atoms with Gasteiger partial charge in [-0.15, -0.1) is 0 Å². The highest BCUT2D eigenvalue weighted by atomic mass is 19.4. The third-order valence-electron chi connectivity index (χ3n) is 5.14. The summed E-state index contributed by atoms with van der Waals surface area (Å²) in [4.78, 5) is 1.91. The lowest BCUT2D eigenvalue weighted by Crippen LogP contribution is -2.48. The quantitative estimate of drug-likeness (QED) is 0.794. The van der Waals surface area contributed by atoms with Crippen molar-refractivity contribution in [3.63, 3.8) is 0 Å². The molecule has 140 valence electrons. The summed E-state index contributed by atoms with van der Waals surface area (Å²) in [6, 6.07) is 1.22. The fourth-order valence-corrected chi connectivity index (χ4v) is 3.71. The van der Waals surface area contributed by atoms with Gasteiger partial charge in [0.2, 0.25) is 0 Å². The summed E-state index contributed by atoms with van der Waals surface area (Å²) in [7, 11) is 0. The Bertz CT molecular complexity index is 600. The molecule has 0 amide bonds. The average molecular weight is 366 g/mol. The molecule has 0 bridgehead atoms. The first-order chi connectivity index (χ1) is 11.7. The highest BCUT2D eigenvalue weighted by molar-refractivity contribution is 5.38. The summed E-state index contributed by atoms with van der Waals surface area (Å²) in [6.07, 6.45) is -6.92. The Hall–Kier alpha value is -1.28. The van der Waals surface area contributed by atoms with Gasteiger partial charge >= 0.3 is 12.4 Å². The number of alkyl halides is 6. The van der Waals surface area contributed by atoms with Gasteiger partial charge in [0.1, 0.15) is 0 Å². The second-order valence-corrected chi connectivity index (χ2v) is 6.72. The van der Waals surface area contributed by atoms with E-state index in [1.54, 1.807) is 0 Å². The molecule has 1 aliphatic heterocycles. The number of benzene rings is 1. The molecule has 3 rings (SSSR count). The van der Waals surface area contributed by atoms with E-state index in [2.05, 4.69) is 5.32 Å². The zero-order chi connectivity index (χ0) is 18.2. The Kier molecular flexibility index (Phi) is 5.03. The lowest BCUT2D eigenvalue weighted by atomic mass is 9.75. The number of piperazine rings is 1. The van der Waals surface area contributed by atoms with Crippen molar-refractivity contribution in [1.82, 2.24) is 10.2 Å². The number of nitrogens with zero attached hydrogens (tertiary/aromatic N) is 1. The van der Waals surface area contributed by atoms with Gasteiger partial charge in [-0.05, 0) is 42.5 Å². The van der Waals surface area contributed by atoms with Gasteiger partial charge in [0.05, 0.1) is 11.1 Å². The monoisotopic (exact) mass is 366 g/mol. The number of hydrogen-bond donors (Lipinski definition) is 1. The fraction of sp³-hybridized carbons (Fsp3) is 0.647. The van der Waals surface area contributed by atoms with Crippen molar-refractivity contribution in [1.29, 1.82) is 0 Å². The Morgan fingerprint density at radius 2 is 1.60 bits per heavy atom. The SMILES string of the molecule is FC(F)(F)c1ccc(C(F)(F)F)c([C@H](C2CCC2)N2CCNCC2)c1. The minimum atomic E-state index is -4.67. The van der Waals surface area contributed by atoms with E-state index >= 15 is 0 Å². The standard InChI is InChI=1S/C17H20F6N2/c18-16(19,20)12-4-5-14(17(21,22)23)13(10-12)15(11-2-1-3-11)25-8-6-24-7-9-25/h4-5,10-11,15,24H,1-3,6-9H2/t15-/m0/s1. The van der Waals surface area contributed by atoms with Crippen LogP contribution in [0.3, 0.4) is 0 Å². The minimum absolute atomic E-state index is 0.0253. The van der Waals surface area contributed by atoms with Crippen molar-refractivity contribution in [2.75, 3.05) is 26.2 Å². The normalized spacial score (nSPS) is 21.8. The smallest absolute Gasteiger partial charge is 0.314 e. The van der Waals surface area contributed by atoms with Crippen LogP contribution in [0.1, 0.15) is 42.0 Å². The number of hydrogen-bond acceptors (Lipinski definition) is 2. The van der Waals surface area contributed by atoms with E-state index in [-0.39, 0.29) is 11.5 Å². The average Bonchev–Trinajstić information content (AvgIpc) is 2.49. The Labute approximate surface area is 142 Å². The molecular formula is C17H20F6N2. The molecule has 1 heterocycles. The minimum Gasteiger partial charge on any atom is -0.314 e. The molecule has 1 atom stereocenters. The van der Waals surface area contributed by atoms with E-state index in [9.17, 15) is 26.3 Å². The molecule has 2 aliphatic rings. The maximum absolute atomic E-state index is 13.5. The van der Waals surface area contributed by atoms with Crippen LogP contribution in [-0.4, -0.2) is 31.1 Å². The van der Waals surface area contributed by atoms with Gasteiger partial charge in [0, 0.05) is 32.2 Å². The van der Waals surface area contributed by atoms with Gasteiger partial charge in [0.25, 0.3) is 0 Å². The molecule has 0 aromatic heterocycles. The molecule has 8 heteroatoms. The topological polar surface area (TPSA) is 15.3 Å². The number of nitrogens with one attached hydrogen (secondary N) is 1. The second-order valence-electron chi connectivity index (χ2n) is 6.72. The summed E-state index contributed by atoms with van der Waals surface area (Å²) < 4.78 is 79.7. The molecular weight excluding hydrogens is 346 g/mol. The highest BCUT2D eigenvalue weighted by Gasteiger charge is 2.42. The molecule has 0 spiro atoms. The van der Waals surface area contributed by atoms with Crippen molar-refractivity contribution in [2.24, 2.45) is 5.92 Å². The first-order valence-corrected chi connectivity index (χ1v) is 8.41. The summed E-state index contributed by atoms with van der Waals surface area (Å²) in [5, 5.41) is 3.13. The molecule has 1 saturated carbocycles. The number of rotatable bonds is 3. The van der Waals surface area contributed by atoms with Crippen molar-refractivity contribution in [3.8, 4) is 0 Å². The van der Waals surface area contributed by atoms with Crippen LogP contribution in [0, 0.1) is 5.92 Å². The molecule has 1 aromatic carbocycles. The second kappa shape index (κ2) is 6.79. The van der Waals surface area contributed by atoms with E-state index in [1.807, 2.05) is 4.90 Å². The molecule has 2 fully saturated rings. The maximum atomic E-state index is 13.5. The zero-order valence-electron chi connectivity index (χ0n) is 13.6. The van der Waals surface area contributed by atoms with Crippen LogP contribution in [0.25, 0.3) is 0 Å². The van der Waals surface area contributed by atoms with Crippen LogP contribution in [0.5, 0.6) is 0 Å². The highest BCUT2D eigenvalue weighted by Crippen LogP contribution is 2.47. The molecule has 1 aliphatic carbocycles. The van der Waals surface area contributed by atoms with Crippen LogP contribution in [-0.2, 0) is 12.4 Å². The molecule has 1 aromatic rings. The van der Waals surface area contributed by atoms with Crippen LogP contribution >= 0.6 is 0 Å². The summed E-state index contributed by atoms with van der Waals surface area (Å²) >= 11 is 0. The number of halogens is 6. The maximum Gasteiger partial charge on any atom is 0.416 e. The fourth-order valence-electron chi connectivity index (χ4n) is 3.71. The van der Waals surface area contributed by atoms with Gasteiger partial charge in [-0.1, -0.05) is 6.42 Å². The lowest BCUT2D eigenvalue weighted by Gasteiger charge is -2.44. The molecule has 1 saturated heterocycles. The van der Waals surface area contributed by atoms with Crippen LogP contribution in [0.15, 0.2) is 18.2 Å². The lowest BCUT2D eigenvalue weighted by molar-refractivity contribution is -0.142. The third-order valence-corrected chi connectivity index (χ3v) is 5.14. The molecule has 0 radical (unpaired) electrons. The summed E-state index contributed by atoms with van der Waals surface area (Å²) in [5.41, 5.74) is -2.19. The van der Waals surface area contributed by atoms with Crippen molar-refractivity contribution < 1.29 is 26.3 Å². The van der Waals surface area contributed by atoms with Crippen LogP contribution < -0.4 is 5.32 Å². The van der Waals surface area contributed by atoms with E-state index in [0.717, 1.165) is 19.3 Å². The third kappa shape index (κ3) is 3.95. The Morgan fingerprint density at radius 3 is 2.08 bits per heavy atom. The van der Waals surface area contributed by atoms with Gasteiger partial charge in [0.15, 0.2) is 0 Å². The summed E-state index contributed by atoms with van der Waals surface area (Å²) in [5.74, 6) is -0.0253. The van der Waals surface area contributed by atoms with Gasteiger partial charge < -0.3 is 5.32 Å². The van der Waals surface area contributed by atoms with E-state index in [1.165, 1.54) is 0 Å².